The van der Waals surface area contributed by atoms with Gasteiger partial charge in [-0.2, -0.15) is 0 Å². The molecule has 4 amide bonds. The van der Waals surface area contributed by atoms with Crippen LogP contribution >= 0.6 is 0 Å². The fourth-order valence-electron chi connectivity index (χ4n) is 8.31. The van der Waals surface area contributed by atoms with Crippen molar-refractivity contribution in [3.63, 3.8) is 0 Å². The SMILES string of the molecule is C[C@@H](NC(=O)[C@@H](CC(=O)N1CCC(N2CCCCC2)CC1)N1C(=O)C(N2C(=O)OC[C@@H]2c2ccccc2)[C@H]1/C=C/c1ccccc1)c1ccccc1. The number of rotatable bonds is 11. The van der Waals surface area contributed by atoms with E-state index < -0.39 is 36.2 Å². The highest BCUT2D eigenvalue weighted by Crippen LogP contribution is 2.39. The van der Waals surface area contributed by atoms with Crippen LogP contribution in [0.3, 0.4) is 0 Å². The Balaban J connectivity index is 1.17. The van der Waals surface area contributed by atoms with Gasteiger partial charge in [-0.1, -0.05) is 110 Å². The van der Waals surface area contributed by atoms with Crippen LogP contribution in [0.4, 0.5) is 4.79 Å². The number of hydrogen-bond acceptors (Lipinski definition) is 6. The summed E-state index contributed by atoms with van der Waals surface area (Å²) >= 11 is 0. The maximum atomic E-state index is 14.5. The van der Waals surface area contributed by atoms with Crippen molar-refractivity contribution in [3.8, 4) is 0 Å². The lowest BCUT2D eigenvalue weighted by molar-refractivity contribution is -0.164. The summed E-state index contributed by atoms with van der Waals surface area (Å²) in [6.07, 6.45) is 8.60. The molecule has 4 aliphatic heterocycles. The maximum Gasteiger partial charge on any atom is 0.411 e. The molecule has 4 heterocycles. The van der Waals surface area contributed by atoms with E-state index in [1.807, 2.05) is 115 Å². The molecule has 4 fully saturated rings. The van der Waals surface area contributed by atoms with E-state index in [1.165, 1.54) is 29.1 Å². The Morgan fingerprint density at radius 3 is 2.15 bits per heavy atom. The van der Waals surface area contributed by atoms with E-state index in [-0.39, 0.29) is 30.9 Å². The predicted octanol–water partition coefficient (Wildman–Crippen LogP) is 5.59. The highest BCUT2D eigenvalue weighted by Gasteiger charge is 2.58. The molecule has 0 spiro atoms. The number of hydrogen-bond donors (Lipinski definition) is 1. The van der Waals surface area contributed by atoms with E-state index in [4.69, 9.17) is 4.74 Å². The zero-order chi connectivity index (χ0) is 36.0. The molecule has 0 aromatic heterocycles. The van der Waals surface area contributed by atoms with Gasteiger partial charge in [0.05, 0.1) is 24.5 Å². The normalized spacial score (nSPS) is 24.0. The van der Waals surface area contributed by atoms with Crippen LogP contribution in [0.2, 0.25) is 0 Å². The van der Waals surface area contributed by atoms with Crippen LogP contribution in [0.1, 0.15) is 74.2 Å². The minimum Gasteiger partial charge on any atom is -0.447 e. The second-order valence-corrected chi connectivity index (χ2v) is 14.4. The molecule has 0 radical (unpaired) electrons. The molecule has 4 saturated heterocycles. The van der Waals surface area contributed by atoms with Gasteiger partial charge in [0.1, 0.15) is 18.7 Å². The highest BCUT2D eigenvalue weighted by molar-refractivity contribution is 5.99. The van der Waals surface area contributed by atoms with Crippen molar-refractivity contribution >= 4 is 29.9 Å². The number of nitrogens with one attached hydrogen (secondary N) is 1. The molecular formula is C42H49N5O5. The Labute approximate surface area is 306 Å². The summed E-state index contributed by atoms with van der Waals surface area (Å²) in [6, 6.07) is 25.9. The number of cyclic esters (lactones) is 1. The minimum absolute atomic E-state index is 0.117. The first kappa shape index (κ1) is 35.4. The first-order chi connectivity index (χ1) is 25.4. The second kappa shape index (κ2) is 16.2. The summed E-state index contributed by atoms with van der Waals surface area (Å²) < 4.78 is 5.54. The monoisotopic (exact) mass is 703 g/mol. The lowest BCUT2D eigenvalue weighted by Crippen LogP contribution is -2.74. The molecule has 0 saturated carbocycles. The van der Waals surface area contributed by atoms with Crippen molar-refractivity contribution < 1.29 is 23.9 Å². The molecule has 272 valence electrons. The Hall–Kier alpha value is -4.96. The third kappa shape index (κ3) is 7.62. The van der Waals surface area contributed by atoms with Gasteiger partial charge in [-0.05, 0) is 62.4 Å². The summed E-state index contributed by atoms with van der Waals surface area (Å²) in [6.45, 7) is 5.50. The second-order valence-electron chi connectivity index (χ2n) is 14.4. The Kier molecular flexibility index (Phi) is 11.0. The molecule has 3 aromatic carbocycles. The van der Waals surface area contributed by atoms with E-state index >= 15 is 0 Å². The van der Waals surface area contributed by atoms with Crippen molar-refractivity contribution in [2.75, 3.05) is 32.8 Å². The van der Waals surface area contributed by atoms with Crippen LogP contribution in [0.15, 0.2) is 97.1 Å². The van der Waals surface area contributed by atoms with Crippen molar-refractivity contribution in [3.05, 3.63) is 114 Å². The van der Waals surface area contributed by atoms with Crippen LogP contribution in [0.25, 0.3) is 6.08 Å². The summed E-state index contributed by atoms with van der Waals surface area (Å²) in [7, 11) is 0. The van der Waals surface area contributed by atoms with E-state index in [9.17, 15) is 19.2 Å². The average Bonchev–Trinajstić information content (AvgIpc) is 3.57. The molecular weight excluding hydrogens is 654 g/mol. The van der Waals surface area contributed by atoms with Crippen molar-refractivity contribution in [2.45, 2.75) is 81.7 Å². The number of nitrogens with zero attached hydrogens (tertiary/aromatic N) is 4. The quantitative estimate of drug-likeness (QED) is 0.262. The Morgan fingerprint density at radius 2 is 1.48 bits per heavy atom. The number of carbonyl (C=O) groups is 4. The van der Waals surface area contributed by atoms with E-state index in [2.05, 4.69) is 10.2 Å². The van der Waals surface area contributed by atoms with Gasteiger partial charge in [0.25, 0.3) is 0 Å². The number of carbonyl (C=O) groups excluding carboxylic acids is 4. The Morgan fingerprint density at radius 1 is 0.846 bits per heavy atom. The van der Waals surface area contributed by atoms with Crippen LogP contribution < -0.4 is 5.32 Å². The number of benzene rings is 3. The molecule has 4 aliphatic rings. The van der Waals surface area contributed by atoms with Crippen LogP contribution in [0.5, 0.6) is 0 Å². The summed E-state index contributed by atoms with van der Waals surface area (Å²) in [5, 5.41) is 3.11. The first-order valence-corrected chi connectivity index (χ1v) is 18.8. The highest BCUT2D eigenvalue weighted by atomic mass is 16.6. The van der Waals surface area contributed by atoms with Gasteiger partial charge in [-0.15, -0.1) is 0 Å². The molecule has 0 bridgehead atoms. The van der Waals surface area contributed by atoms with Gasteiger partial charge in [-0.3, -0.25) is 19.3 Å². The third-order valence-corrected chi connectivity index (χ3v) is 11.2. The van der Waals surface area contributed by atoms with Crippen molar-refractivity contribution in [1.82, 2.24) is 24.9 Å². The maximum absolute atomic E-state index is 14.5. The lowest BCUT2D eigenvalue weighted by atomic mass is 9.87. The molecule has 5 atom stereocenters. The standard InChI is InChI=1S/C42H49N5O5/c1-30(32-16-8-3-9-17-32)43-40(49)36(28-38(48)45-26-22-34(23-27-45)44-24-12-5-13-25-44)46-35(21-20-31-14-6-2-7-15-31)39(41(46)50)47-37(29-52-42(47)51)33-18-10-4-11-19-33/h2-4,6-11,14-21,30,34-37,39H,5,12-13,22-29H2,1H3,(H,43,49)/b21-20+/t30-,35-,36-,37-,39?/m1/s1. The van der Waals surface area contributed by atoms with E-state index in [0.717, 1.165) is 42.6 Å². The fraction of sp³-hybridized carbons (Fsp3) is 0.429. The molecule has 3 aromatic rings. The van der Waals surface area contributed by atoms with Gasteiger partial charge < -0.3 is 24.8 Å². The fourth-order valence-corrected chi connectivity index (χ4v) is 8.31. The molecule has 52 heavy (non-hydrogen) atoms. The lowest BCUT2D eigenvalue weighted by Gasteiger charge is -2.52. The molecule has 1 unspecified atom stereocenters. The Bertz CT molecular complexity index is 1720. The number of ether oxygens (including phenoxy) is 1. The molecule has 10 nitrogen and oxygen atoms in total. The number of β-lactam (4-membered cyclic amide) rings is 1. The number of amides is 4. The molecule has 0 aliphatic carbocycles. The summed E-state index contributed by atoms with van der Waals surface area (Å²) in [5.74, 6) is -0.928. The minimum atomic E-state index is -1.08. The number of likely N-dealkylation sites (tertiary alicyclic amines) is 3. The molecule has 1 N–H and O–H groups in total. The smallest absolute Gasteiger partial charge is 0.411 e. The van der Waals surface area contributed by atoms with Gasteiger partial charge in [0.2, 0.25) is 17.7 Å². The molecule has 7 rings (SSSR count). The van der Waals surface area contributed by atoms with Crippen LogP contribution in [0, 0.1) is 0 Å². The van der Waals surface area contributed by atoms with Gasteiger partial charge in [0, 0.05) is 19.1 Å². The first-order valence-electron chi connectivity index (χ1n) is 18.8. The zero-order valence-electron chi connectivity index (χ0n) is 29.9. The van der Waals surface area contributed by atoms with Gasteiger partial charge >= 0.3 is 6.09 Å². The largest absolute Gasteiger partial charge is 0.447 e. The molecule has 10 heteroatoms. The number of piperidine rings is 2. The van der Waals surface area contributed by atoms with Gasteiger partial charge in [-0.25, -0.2) is 4.79 Å². The van der Waals surface area contributed by atoms with E-state index in [0.29, 0.717) is 19.1 Å². The zero-order valence-corrected chi connectivity index (χ0v) is 29.9. The topological polar surface area (TPSA) is 103 Å². The average molecular weight is 704 g/mol. The predicted molar refractivity (Wildman–Crippen MR) is 199 cm³/mol. The van der Waals surface area contributed by atoms with E-state index in [1.54, 1.807) is 0 Å². The van der Waals surface area contributed by atoms with Crippen LogP contribution in [-0.4, -0.2) is 100 Å². The van der Waals surface area contributed by atoms with Crippen LogP contribution in [-0.2, 0) is 19.1 Å². The summed E-state index contributed by atoms with van der Waals surface area (Å²) in [5.41, 5.74) is 2.69. The van der Waals surface area contributed by atoms with Crippen molar-refractivity contribution in [1.29, 1.82) is 0 Å². The van der Waals surface area contributed by atoms with Crippen molar-refractivity contribution in [2.24, 2.45) is 0 Å². The van der Waals surface area contributed by atoms with Gasteiger partial charge in [0.15, 0.2) is 0 Å². The summed E-state index contributed by atoms with van der Waals surface area (Å²) in [4.78, 5) is 63.8. The third-order valence-electron chi connectivity index (χ3n) is 11.2.